The highest BCUT2D eigenvalue weighted by molar-refractivity contribution is 5.48. The molecule has 1 aromatic carbocycles. The number of ether oxygens (including phenoxy) is 2. The predicted octanol–water partition coefficient (Wildman–Crippen LogP) is 2.89. The lowest BCUT2D eigenvalue weighted by Crippen LogP contribution is -2.62. The number of methoxy groups -OCH3 is 1. The Balaban J connectivity index is 2.26. The summed E-state index contributed by atoms with van der Waals surface area (Å²) in [6.45, 7) is 4.20. The molecule has 6 heteroatoms. The minimum Gasteiger partial charge on any atom is -0.493 e. The average Bonchev–Trinajstić information content (AvgIpc) is 2.48. The van der Waals surface area contributed by atoms with E-state index in [2.05, 4.69) is 13.8 Å². The van der Waals surface area contributed by atoms with E-state index in [9.17, 15) is 10.1 Å². The lowest BCUT2D eigenvalue weighted by molar-refractivity contribution is -0.385. The van der Waals surface area contributed by atoms with Crippen LogP contribution in [0.1, 0.15) is 33.1 Å². The first kappa shape index (κ1) is 15.6. The van der Waals surface area contributed by atoms with Crippen molar-refractivity contribution in [3.05, 3.63) is 28.3 Å². The van der Waals surface area contributed by atoms with Crippen molar-refractivity contribution in [2.45, 2.75) is 45.3 Å². The van der Waals surface area contributed by atoms with Gasteiger partial charge in [-0.15, -0.1) is 0 Å². The number of non-ortho nitro benzene ring substituents is 1. The van der Waals surface area contributed by atoms with Crippen LogP contribution in [0.25, 0.3) is 0 Å². The zero-order chi connectivity index (χ0) is 15.6. The van der Waals surface area contributed by atoms with Crippen LogP contribution < -0.4 is 15.2 Å². The lowest BCUT2D eigenvalue weighted by Gasteiger charge is -2.53. The number of nitro benzene ring substituents is 1. The molecule has 0 radical (unpaired) electrons. The number of hydrogen-bond donors (Lipinski definition) is 1. The van der Waals surface area contributed by atoms with Crippen molar-refractivity contribution in [1.29, 1.82) is 0 Å². The molecule has 2 N–H and O–H groups in total. The fourth-order valence-electron chi connectivity index (χ4n) is 3.20. The van der Waals surface area contributed by atoms with E-state index in [1.807, 2.05) is 0 Å². The molecule has 0 saturated heterocycles. The van der Waals surface area contributed by atoms with Crippen molar-refractivity contribution in [3.8, 4) is 11.5 Å². The fourth-order valence-corrected chi connectivity index (χ4v) is 3.20. The molecule has 116 valence electrons. The van der Waals surface area contributed by atoms with Crippen LogP contribution in [0.3, 0.4) is 0 Å². The second kappa shape index (κ2) is 5.89. The van der Waals surface area contributed by atoms with Gasteiger partial charge in [0.15, 0.2) is 11.5 Å². The first-order valence-electron chi connectivity index (χ1n) is 7.23. The summed E-state index contributed by atoms with van der Waals surface area (Å²) in [6.07, 6.45) is 2.57. The predicted molar refractivity (Wildman–Crippen MR) is 79.7 cm³/mol. The van der Waals surface area contributed by atoms with Gasteiger partial charge in [0.25, 0.3) is 5.69 Å². The van der Waals surface area contributed by atoms with Gasteiger partial charge < -0.3 is 15.2 Å². The Bertz CT molecular complexity index is 528. The summed E-state index contributed by atoms with van der Waals surface area (Å²) in [6, 6.07) is 4.50. The Morgan fingerprint density at radius 3 is 2.52 bits per heavy atom. The van der Waals surface area contributed by atoms with Gasteiger partial charge in [-0.25, -0.2) is 0 Å². The molecule has 0 aliphatic heterocycles. The lowest BCUT2D eigenvalue weighted by atomic mass is 9.59. The Morgan fingerprint density at radius 1 is 1.38 bits per heavy atom. The minimum atomic E-state index is -0.439. The maximum absolute atomic E-state index is 10.9. The maximum atomic E-state index is 10.9. The van der Waals surface area contributed by atoms with Crippen molar-refractivity contribution in [2.75, 3.05) is 7.11 Å². The number of nitro groups is 1. The molecule has 1 aliphatic carbocycles. The Labute approximate surface area is 124 Å². The highest BCUT2D eigenvalue weighted by Crippen LogP contribution is 2.49. The third-order valence-electron chi connectivity index (χ3n) is 4.79. The summed E-state index contributed by atoms with van der Waals surface area (Å²) in [5, 5.41) is 10.9. The molecule has 2 atom stereocenters. The second-order valence-corrected chi connectivity index (χ2v) is 5.48. The summed E-state index contributed by atoms with van der Waals surface area (Å²) >= 11 is 0. The van der Waals surface area contributed by atoms with Gasteiger partial charge in [0.05, 0.1) is 18.1 Å². The molecule has 2 rings (SSSR count). The van der Waals surface area contributed by atoms with Crippen LogP contribution >= 0.6 is 0 Å². The second-order valence-electron chi connectivity index (χ2n) is 5.48. The van der Waals surface area contributed by atoms with E-state index >= 15 is 0 Å². The van der Waals surface area contributed by atoms with E-state index in [0.717, 1.165) is 19.3 Å². The molecule has 21 heavy (non-hydrogen) atoms. The molecule has 0 amide bonds. The molecule has 2 unspecified atom stereocenters. The first-order chi connectivity index (χ1) is 9.98. The van der Waals surface area contributed by atoms with Gasteiger partial charge in [0.2, 0.25) is 0 Å². The summed E-state index contributed by atoms with van der Waals surface area (Å²) in [4.78, 5) is 10.5. The number of benzene rings is 1. The SMILES string of the molecule is CCC1(CC)C(N)CC1Oc1cc([N+](=O)[O-])ccc1OC. The molecular weight excluding hydrogens is 272 g/mol. The van der Waals surface area contributed by atoms with Crippen molar-refractivity contribution in [1.82, 2.24) is 0 Å². The van der Waals surface area contributed by atoms with Gasteiger partial charge >= 0.3 is 0 Å². The van der Waals surface area contributed by atoms with Crippen molar-refractivity contribution >= 4 is 5.69 Å². The van der Waals surface area contributed by atoms with Gasteiger partial charge in [-0.2, -0.15) is 0 Å². The number of nitrogens with two attached hydrogens (primary N) is 1. The molecule has 0 aromatic heterocycles. The third-order valence-corrected chi connectivity index (χ3v) is 4.79. The van der Waals surface area contributed by atoms with E-state index in [4.69, 9.17) is 15.2 Å². The molecule has 6 nitrogen and oxygen atoms in total. The zero-order valence-electron chi connectivity index (χ0n) is 12.7. The molecule has 1 aromatic rings. The van der Waals surface area contributed by atoms with E-state index in [1.165, 1.54) is 19.2 Å². The summed E-state index contributed by atoms with van der Waals surface area (Å²) < 4.78 is 11.3. The number of nitrogens with zero attached hydrogens (tertiary/aromatic N) is 1. The van der Waals surface area contributed by atoms with Crippen LogP contribution in [0.5, 0.6) is 11.5 Å². The van der Waals surface area contributed by atoms with E-state index in [-0.39, 0.29) is 23.2 Å². The highest BCUT2D eigenvalue weighted by atomic mass is 16.6. The standard InChI is InChI=1S/C15H22N2O4/c1-4-15(5-2)13(16)9-14(15)21-12-8-10(17(18)19)6-7-11(12)20-3/h6-8,13-14H,4-5,9,16H2,1-3H3. The average molecular weight is 294 g/mol. The van der Waals surface area contributed by atoms with Crippen molar-refractivity contribution in [2.24, 2.45) is 11.1 Å². The number of rotatable bonds is 6. The highest BCUT2D eigenvalue weighted by Gasteiger charge is 2.52. The first-order valence-corrected chi connectivity index (χ1v) is 7.23. The van der Waals surface area contributed by atoms with Crippen LogP contribution in [0.4, 0.5) is 5.69 Å². The van der Waals surface area contributed by atoms with E-state index in [1.54, 1.807) is 6.07 Å². The van der Waals surface area contributed by atoms with Crippen LogP contribution in [-0.4, -0.2) is 24.2 Å². The van der Waals surface area contributed by atoms with Gasteiger partial charge in [0.1, 0.15) is 6.10 Å². The van der Waals surface area contributed by atoms with Gasteiger partial charge in [-0.05, 0) is 18.9 Å². The van der Waals surface area contributed by atoms with Crippen LogP contribution in [0.2, 0.25) is 0 Å². The van der Waals surface area contributed by atoms with Gasteiger partial charge in [-0.1, -0.05) is 13.8 Å². The topological polar surface area (TPSA) is 87.6 Å². The fraction of sp³-hybridized carbons (Fsp3) is 0.600. The van der Waals surface area contributed by atoms with Crippen molar-refractivity contribution < 1.29 is 14.4 Å². The molecule has 0 bridgehead atoms. The molecule has 0 spiro atoms. The largest absolute Gasteiger partial charge is 0.493 e. The van der Waals surface area contributed by atoms with Crippen LogP contribution in [-0.2, 0) is 0 Å². The quantitative estimate of drug-likeness (QED) is 0.644. The molecule has 1 saturated carbocycles. The summed E-state index contributed by atoms with van der Waals surface area (Å²) in [5.74, 6) is 0.914. The summed E-state index contributed by atoms with van der Waals surface area (Å²) in [5.41, 5.74) is 6.09. The number of hydrogen-bond acceptors (Lipinski definition) is 5. The molecular formula is C15H22N2O4. The maximum Gasteiger partial charge on any atom is 0.273 e. The summed E-state index contributed by atoms with van der Waals surface area (Å²) in [7, 11) is 1.52. The van der Waals surface area contributed by atoms with E-state index in [0.29, 0.717) is 11.5 Å². The Morgan fingerprint density at radius 2 is 2.05 bits per heavy atom. The van der Waals surface area contributed by atoms with Gasteiger partial charge in [0, 0.05) is 23.9 Å². The monoisotopic (exact) mass is 294 g/mol. The Hall–Kier alpha value is -1.82. The van der Waals surface area contributed by atoms with Crippen LogP contribution in [0, 0.1) is 15.5 Å². The molecule has 1 fully saturated rings. The normalized spacial score (nSPS) is 23.2. The van der Waals surface area contributed by atoms with E-state index < -0.39 is 4.92 Å². The molecule has 0 heterocycles. The molecule has 1 aliphatic rings. The minimum absolute atomic E-state index is 0.00646. The van der Waals surface area contributed by atoms with Crippen molar-refractivity contribution in [3.63, 3.8) is 0 Å². The smallest absolute Gasteiger partial charge is 0.273 e. The van der Waals surface area contributed by atoms with Gasteiger partial charge in [-0.3, -0.25) is 10.1 Å². The zero-order valence-corrected chi connectivity index (χ0v) is 12.7. The third kappa shape index (κ3) is 2.55. The van der Waals surface area contributed by atoms with Crippen LogP contribution in [0.15, 0.2) is 18.2 Å². The Kier molecular flexibility index (Phi) is 4.37.